The summed E-state index contributed by atoms with van der Waals surface area (Å²) < 4.78 is 1.80. The fourth-order valence-corrected chi connectivity index (χ4v) is 2.79. The van der Waals surface area contributed by atoms with Crippen LogP contribution in [-0.4, -0.2) is 44.6 Å². The standard InChI is InChI=1S/C15H24N4O2/c1-5-6-12-13(20)17-15(2,3)14(21)19(12)10-8-11-7-9-16-18(11)4/h7,9,12H,5-6,8,10H2,1-4H3,(H,17,20). The molecule has 116 valence electrons. The summed E-state index contributed by atoms with van der Waals surface area (Å²) in [6, 6.07) is 1.58. The normalized spacial score (nSPS) is 21.5. The molecular weight excluding hydrogens is 268 g/mol. The van der Waals surface area contributed by atoms with E-state index in [1.165, 1.54) is 0 Å². The number of amides is 2. The van der Waals surface area contributed by atoms with Crippen molar-refractivity contribution in [1.82, 2.24) is 20.0 Å². The van der Waals surface area contributed by atoms with E-state index in [9.17, 15) is 9.59 Å². The van der Waals surface area contributed by atoms with Gasteiger partial charge in [-0.15, -0.1) is 0 Å². The van der Waals surface area contributed by atoms with Crippen LogP contribution in [0.5, 0.6) is 0 Å². The van der Waals surface area contributed by atoms with Crippen LogP contribution in [0.25, 0.3) is 0 Å². The van der Waals surface area contributed by atoms with Crippen LogP contribution in [0, 0.1) is 0 Å². The summed E-state index contributed by atoms with van der Waals surface area (Å²) in [7, 11) is 1.88. The molecule has 1 fully saturated rings. The highest BCUT2D eigenvalue weighted by molar-refractivity contribution is 5.99. The van der Waals surface area contributed by atoms with Crippen molar-refractivity contribution in [3.8, 4) is 0 Å². The lowest BCUT2D eigenvalue weighted by Crippen LogP contribution is -2.68. The maximum absolute atomic E-state index is 12.6. The summed E-state index contributed by atoms with van der Waals surface area (Å²) in [6.07, 6.45) is 4.01. The SMILES string of the molecule is CCCC1C(=O)NC(C)(C)C(=O)N1CCc1ccnn1C. The van der Waals surface area contributed by atoms with Crippen molar-refractivity contribution in [3.05, 3.63) is 18.0 Å². The van der Waals surface area contributed by atoms with Crippen molar-refractivity contribution in [2.75, 3.05) is 6.54 Å². The molecule has 2 rings (SSSR count). The fraction of sp³-hybridized carbons (Fsp3) is 0.667. The van der Waals surface area contributed by atoms with Gasteiger partial charge in [-0.25, -0.2) is 0 Å². The molecule has 1 aromatic rings. The minimum atomic E-state index is -0.826. The molecular formula is C15H24N4O2. The zero-order valence-corrected chi connectivity index (χ0v) is 13.2. The molecule has 1 aliphatic heterocycles. The number of aromatic nitrogens is 2. The molecule has 1 atom stereocenters. The minimum absolute atomic E-state index is 0.0114. The zero-order chi connectivity index (χ0) is 15.6. The van der Waals surface area contributed by atoms with Crippen LogP contribution in [0.15, 0.2) is 12.3 Å². The van der Waals surface area contributed by atoms with Gasteiger partial charge in [-0.2, -0.15) is 5.10 Å². The second-order valence-electron chi connectivity index (χ2n) is 6.11. The van der Waals surface area contributed by atoms with Crippen molar-refractivity contribution < 1.29 is 9.59 Å². The topological polar surface area (TPSA) is 67.2 Å². The maximum atomic E-state index is 12.6. The summed E-state index contributed by atoms with van der Waals surface area (Å²) in [5.41, 5.74) is 0.232. The number of hydrogen-bond acceptors (Lipinski definition) is 3. The highest BCUT2D eigenvalue weighted by Crippen LogP contribution is 2.21. The number of aryl methyl sites for hydroxylation is 1. The highest BCUT2D eigenvalue weighted by atomic mass is 16.2. The average Bonchev–Trinajstić information content (AvgIpc) is 2.81. The number of hydrogen-bond donors (Lipinski definition) is 1. The van der Waals surface area contributed by atoms with Crippen LogP contribution < -0.4 is 5.32 Å². The Morgan fingerprint density at radius 1 is 1.38 bits per heavy atom. The van der Waals surface area contributed by atoms with Gasteiger partial charge in [-0.05, 0) is 26.3 Å². The first-order chi connectivity index (χ1) is 9.86. The van der Waals surface area contributed by atoms with E-state index >= 15 is 0 Å². The van der Waals surface area contributed by atoms with E-state index in [0.717, 1.165) is 12.1 Å². The third-order valence-electron chi connectivity index (χ3n) is 4.00. The Kier molecular flexibility index (Phi) is 4.34. The molecule has 0 aromatic carbocycles. The van der Waals surface area contributed by atoms with Gasteiger partial charge >= 0.3 is 0 Å². The van der Waals surface area contributed by atoms with Gasteiger partial charge in [0.05, 0.1) is 0 Å². The van der Waals surface area contributed by atoms with E-state index in [1.54, 1.807) is 29.6 Å². The summed E-state index contributed by atoms with van der Waals surface area (Å²) in [5.74, 6) is -0.0609. The lowest BCUT2D eigenvalue weighted by atomic mass is 9.94. The second kappa shape index (κ2) is 5.87. The molecule has 2 amide bonds. The fourth-order valence-electron chi connectivity index (χ4n) is 2.79. The summed E-state index contributed by atoms with van der Waals surface area (Å²) in [6.45, 7) is 6.08. The number of carbonyl (C=O) groups is 2. The van der Waals surface area contributed by atoms with Crippen LogP contribution in [0.2, 0.25) is 0 Å². The molecule has 1 aromatic heterocycles. The van der Waals surface area contributed by atoms with Crippen molar-refractivity contribution in [1.29, 1.82) is 0 Å². The number of rotatable bonds is 5. The number of piperazine rings is 1. The van der Waals surface area contributed by atoms with Gasteiger partial charge < -0.3 is 10.2 Å². The molecule has 0 aliphatic carbocycles. The third-order valence-corrected chi connectivity index (χ3v) is 4.00. The Morgan fingerprint density at radius 2 is 2.10 bits per heavy atom. The maximum Gasteiger partial charge on any atom is 0.248 e. The Morgan fingerprint density at radius 3 is 2.67 bits per heavy atom. The summed E-state index contributed by atoms with van der Waals surface area (Å²) in [4.78, 5) is 26.6. The van der Waals surface area contributed by atoms with Gasteiger partial charge in [0.25, 0.3) is 0 Å². The van der Waals surface area contributed by atoms with Crippen LogP contribution in [0.3, 0.4) is 0 Å². The monoisotopic (exact) mass is 292 g/mol. The van der Waals surface area contributed by atoms with E-state index in [4.69, 9.17) is 0 Å². The van der Waals surface area contributed by atoms with E-state index in [-0.39, 0.29) is 17.9 Å². The van der Waals surface area contributed by atoms with E-state index < -0.39 is 5.54 Å². The molecule has 0 radical (unpaired) electrons. The molecule has 1 saturated heterocycles. The largest absolute Gasteiger partial charge is 0.340 e. The van der Waals surface area contributed by atoms with Crippen molar-refractivity contribution in [2.45, 2.75) is 51.6 Å². The zero-order valence-electron chi connectivity index (χ0n) is 13.2. The number of nitrogens with one attached hydrogen (secondary N) is 1. The first-order valence-corrected chi connectivity index (χ1v) is 7.46. The Hall–Kier alpha value is -1.85. The first kappa shape index (κ1) is 15.5. The average molecular weight is 292 g/mol. The van der Waals surface area contributed by atoms with Crippen LogP contribution >= 0.6 is 0 Å². The predicted octanol–water partition coefficient (Wildman–Crippen LogP) is 0.868. The second-order valence-corrected chi connectivity index (χ2v) is 6.11. The molecule has 6 nitrogen and oxygen atoms in total. The Bertz CT molecular complexity index is 536. The van der Waals surface area contributed by atoms with Crippen LogP contribution in [-0.2, 0) is 23.1 Å². The highest BCUT2D eigenvalue weighted by Gasteiger charge is 2.44. The lowest BCUT2D eigenvalue weighted by molar-refractivity contribution is -0.153. The van der Waals surface area contributed by atoms with Crippen LogP contribution in [0.1, 0.15) is 39.3 Å². The first-order valence-electron chi connectivity index (χ1n) is 7.46. The lowest BCUT2D eigenvalue weighted by Gasteiger charge is -2.43. The molecule has 1 N–H and O–H groups in total. The molecule has 0 bridgehead atoms. The predicted molar refractivity (Wildman–Crippen MR) is 79.5 cm³/mol. The van der Waals surface area contributed by atoms with Gasteiger partial charge in [0.15, 0.2) is 0 Å². The molecule has 0 spiro atoms. The van der Waals surface area contributed by atoms with E-state index in [2.05, 4.69) is 10.4 Å². The van der Waals surface area contributed by atoms with Gasteiger partial charge in [-0.1, -0.05) is 13.3 Å². The van der Waals surface area contributed by atoms with E-state index in [1.807, 2.05) is 20.0 Å². The van der Waals surface area contributed by atoms with Crippen LogP contribution in [0.4, 0.5) is 0 Å². The number of nitrogens with zero attached hydrogens (tertiary/aromatic N) is 3. The summed E-state index contributed by atoms with van der Waals surface area (Å²) >= 11 is 0. The smallest absolute Gasteiger partial charge is 0.248 e. The molecule has 1 aliphatic rings. The third kappa shape index (κ3) is 3.09. The summed E-state index contributed by atoms with van der Waals surface area (Å²) in [5, 5.41) is 6.96. The van der Waals surface area contributed by atoms with Gasteiger partial charge in [0.1, 0.15) is 11.6 Å². The number of carbonyl (C=O) groups excluding carboxylic acids is 2. The molecule has 1 unspecified atom stereocenters. The van der Waals surface area contributed by atoms with Gasteiger partial charge in [-0.3, -0.25) is 14.3 Å². The Labute approximate surface area is 125 Å². The Balaban J connectivity index is 2.16. The minimum Gasteiger partial charge on any atom is -0.340 e. The molecule has 2 heterocycles. The van der Waals surface area contributed by atoms with E-state index in [0.29, 0.717) is 19.4 Å². The van der Waals surface area contributed by atoms with Gasteiger partial charge in [0.2, 0.25) is 11.8 Å². The van der Waals surface area contributed by atoms with Crippen molar-refractivity contribution >= 4 is 11.8 Å². The van der Waals surface area contributed by atoms with Gasteiger partial charge in [0, 0.05) is 31.9 Å². The molecule has 21 heavy (non-hydrogen) atoms. The molecule has 0 saturated carbocycles. The van der Waals surface area contributed by atoms with Crippen molar-refractivity contribution in [3.63, 3.8) is 0 Å². The quantitative estimate of drug-likeness (QED) is 0.875. The molecule has 6 heteroatoms. The van der Waals surface area contributed by atoms with Crippen molar-refractivity contribution in [2.24, 2.45) is 7.05 Å².